The van der Waals surface area contributed by atoms with E-state index >= 15 is 0 Å². The largest absolute Gasteiger partial charge is 0.312 e. The minimum atomic E-state index is 0.103. The zero-order chi connectivity index (χ0) is 15.5. The van der Waals surface area contributed by atoms with Crippen LogP contribution >= 0.6 is 11.3 Å². The second-order valence-corrected chi connectivity index (χ2v) is 7.74. The fourth-order valence-corrected chi connectivity index (χ4v) is 3.70. The minimum absolute atomic E-state index is 0.103. The molecule has 0 aliphatic rings. The van der Waals surface area contributed by atoms with Crippen molar-refractivity contribution in [3.05, 3.63) is 51.0 Å². The van der Waals surface area contributed by atoms with Crippen LogP contribution in [-0.4, -0.2) is 11.5 Å². The first-order chi connectivity index (χ1) is 9.90. The van der Waals surface area contributed by atoms with Crippen LogP contribution in [0.3, 0.4) is 0 Å². The third-order valence-corrected chi connectivity index (χ3v) is 4.48. The summed E-state index contributed by atoms with van der Waals surface area (Å²) < 4.78 is 0. The number of aromatic nitrogens is 1. The quantitative estimate of drug-likeness (QED) is 0.882. The second kappa shape index (κ2) is 6.71. The summed E-state index contributed by atoms with van der Waals surface area (Å²) >= 11 is 1.85. The number of hydrogen-bond acceptors (Lipinski definition) is 3. The van der Waals surface area contributed by atoms with Gasteiger partial charge in [-0.1, -0.05) is 57.5 Å². The van der Waals surface area contributed by atoms with E-state index in [0.717, 1.165) is 19.5 Å². The van der Waals surface area contributed by atoms with Crippen LogP contribution in [0, 0.1) is 6.92 Å². The van der Waals surface area contributed by atoms with E-state index in [0.29, 0.717) is 0 Å². The molecule has 1 N–H and O–H groups in total. The minimum Gasteiger partial charge on any atom is -0.312 e. The van der Waals surface area contributed by atoms with Crippen LogP contribution in [-0.2, 0) is 18.4 Å². The highest BCUT2D eigenvalue weighted by atomic mass is 32.1. The number of aryl methyl sites for hydroxylation is 1. The lowest BCUT2D eigenvalue weighted by Crippen LogP contribution is -2.18. The van der Waals surface area contributed by atoms with Crippen LogP contribution in [0.25, 0.3) is 0 Å². The number of nitrogens with zero attached hydrogens (tertiary/aromatic N) is 1. The van der Waals surface area contributed by atoms with Gasteiger partial charge in [-0.3, -0.25) is 0 Å². The third-order valence-electron chi connectivity index (χ3n) is 3.43. The molecule has 0 bridgehead atoms. The monoisotopic (exact) mass is 302 g/mol. The summed E-state index contributed by atoms with van der Waals surface area (Å²) in [6.45, 7) is 12.9. The Morgan fingerprint density at radius 2 is 2.00 bits per heavy atom. The van der Waals surface area contributed by atoms with Crippen molar-refractivity contribution in [2.45, 2.75) is 53.0 Å². The van der Waals surface area contributed by atoms with Gasteiger partial charge in [-0.25, -0.2) is 4.98 Å². The van der Waals surface area contributed by atoms with Crippen molar-refractivity contribution >= 4 is 11.3 Å². The van der Waals surface area contributed by atoms with Crippen LogP contribution in [0.4, 0.5) is 0 Å². The SMILES string of the molecule is CCNCc1sc(Cc2cccc(C)c2)nc1C(C)(C)C. The van der Waals surface area contributed by atoms with E-state index in [1.807, 2.05) is 11.3 Å². The molecule has 21 heavy (non-hydrogen) atoms. The van der Waals surface area contributed by atoms with Gasteiger partial charge in [0.1, 0.15) is 0 Å². The molecule has 0 fully saturated rings. The van der Waals surface area contributed by atoms with Crippen LogP contribution < -0.4 is 5.32 Å². The first-order valence-electron chi connectivity index (χ1n) is 7.65. The van der Waals surface area contributed by atoms with Gasteiger partial charge in [0.15, 0.2) is 0 Å². The number of benzene rings is 1. The van der Waals surface area contributed by atoms with Gasteiger partial charge >= 0.3 is 0 Å². The Morgan fingerprint density at radius 3 is 2.62 bits per heavy atom. The van der Waals surface area contributed by atoms with Gasteiger partial charge in [-0.2, -0.15) is 0 Å². The van der Waals surface area contributed by atoms with E-state index in [4.69, 9.17) is 4.98 Å². The summed E-state index contributed by atoms with van der Waals surface area (Å²) in [5, 5.41) is 4.65. The fourth-order valence-electron chi connectivity index (χ4n) is 2.42. The highest BCUT2D eigenvalue weighted by Gasteiger charge is 2.22. The van der Waals surface area contributed by atoms with Crippen molar-refractivity contribution in [3.63, 3.8) is 0 Å². The molecule has 0 spiro atoms. The molecule has 1 heterocycles. The molecule has 3 heteroatoms. The molecule has 0 aliphatic carbocycles. The van der Waals surface area contributed by atoms with Crippen molar-refractivity contribution in [2.24, 2.45) is 0 Å². The number of rotatable bonds is 5. The normalized spacial score (nSPS) is 11.9. The standard InChI is InChI=1S/C18H26N2S/c1-6-19-12-15-17(18(3,4)5)20-16(21-15)11-14-9-7-8-13(2)10-14/h7-10,19H,6,11-12H2,1-5H3. The Balaban J connectivity index is 2.26. The van der Waals surface area contributed by atoms with Crippen LogP contribution in [0.5, 0.6) is 0 Å². The summed E-state index contributed by atoms with van der Waals surface area (Å²) in [4.78, 5) is 6.32. The molecule has 2 aromatic rings. The van der Waals surface area contributed by atoms with Gasteiger partial charge < -0.3 is 5.32 Å². The summed E-state index contributed by atoms with van der Waals surface area (Å²) in [6.07, 6.45) is 0.932. The first-order valence-corrected chi connectivity index (χ1v) is 8.47. The highest BCUT2D eigenvalue weighted by molar-refractivity contribution is 7.11. The van der Waals surface area contributed by atoms with E-state index < -0.39 is 0 Å². The molecular weight excluding hydrogens is 276 g/mol. The average Bonchev–Trinajstić information content (AvgIpc) is 2.79. The number of hydrogen-bond donors (Lipinski definition) is 1. The molecule has 0 amide bonds. The maximum absolute atomic E-state index is 4.94. The Labute approximate surface area is 132 Å². The molecule has 1 aromatic heterocycles. The van der Waals surface area contributed by atoms with Gasteiger partial charge in [-0.15, -0.1) is 11.3 Å². The Bertz CT molecular complexity index is 594. The predicted octanol–water partition coefficient (Wildman–Crippen LogP) is 4.45. The van der Waals surface area contributed by atoms with Crippen molar-refractivity contribution in [1.29, 1.82) is 0 Å². The molecule has 0 atom stereocenters. The predicted molar refractivity (Wildman–Crippen MR) is 92.2 cm³/mol. The lowest BCUT2D eigenvalue weighted by atomic mass is 9.91. The zero-order valence-electron chi connectivity index (χ0n) is 13.8. The molecule has 0 unspecified atom stereocenters. The summed E-state index contributed by atoms with van der Waals surface area (Å²) in [7, 11) is 0. The maximum Gasteiger partial charge on any atom is 0.0975 e. The van der Waals surface area contributed by atoms with Crippen molar-refractivity contribution in [1.82, 2.24) is 10.3 Å². The lowest BCUT2D eigenvalue weighted by Gasteiger charge is -2.17. The lowest BCUT2D eigenvalue weighted by molar-refractivity contribution is 0.559. The molecule has 0 aliphatic heterocycles. The smallest absolute Gasteiger partial charge is 0.0975 e. The van der Waals surface area contributed by atoms with Crippen molar-refractivity contribution in [2.75, 3.05) is 6.54 Å². The van der Waals surface area contributed by atoms with Gasteiger partial charge in [0.05, 0.1) is 10.7 Å². The first kappa shape index (κ1) is 16.2. The number of nitrogens with one attached hydrogen (secondary N) is 1. The molecule has 0 saturated heterocycles. The van der Waals surface area contributed by atoms with Crippen LogP contribution in [0.1, 0.15) is 54.4 Å². The Kier molecular flexibility index (Phi) is 5.17. The zero-order valence-corrected chi connectivity index (χ0v) is 14.6. The highest BCUT2D eigenvalue weighted by Crippen LogP contribution is 2.30. The molecule has 2 nitrogen and oxygen atoms in total. The summed E-state index contributed by atoms with van der Waals surface area (Å²) in [5.74, 6) is 0. The van der Waals surface area contributed by atoms with E-state index in [-0.39, 0.29) is 5.41 Å². The molecule has 1 aromatic carbocycles. The molecule has 114 valence electrons. The van der Waals surface area contributed by atoms with Crippen LogP contribution in [0.15, 0.2) is 24.3 Å². The Hall–Kier alpha value is -1.19. The summed E-state index contributed by atoms with van der Waals surface area (Å²) in [5.41, 5.74) is 4.01. The van der Waals surface area contributed by atoms with E-state index in [1.54, 1.807) is 0 Å². The molecule has 0 radical (unpaired) electrons. The van der Waals surface area contributed by atoms with Crippen LogP contribution in [0.2, 0.25) is 0 Å². The topological polar surface area (TPSA) is 24.9 Å². The second-order valence-electron chi connectivity index (χ2n) is 6.58. The fraction of sp³-hybridized carbons (Fsp3) is 0.500. The average molecular weight is 302 g/mol. The van der Waals surface area contributed by atoms with Gasteiger partial charge in [0, 0.05) is 23.3 Å². The summed E-state index contributed by atoms with van der Waals surface area (Å²) in [6, 6.07) is 8.71. The molecule has 2 rings (SSSR count). The number of thiazole rings is 1. The van der Waals surface area contributed by atoms with E-state index in [9.17, 15) is 0 Å². The van der Waals surface area contributed by atoms with E-state index in [2.05, 4.69) is 64.2 Å². The molecular formula is C18H26N2S. The third kappa shape index (κ3) is 4.39. The maximum atomic E-state index is 4.94. The molecule has 0 saturated carbocycles. The van der Waals surface area contributed by atoms with Gasteiger partial charge in [-0.05, 0) is 19.0 Å². The Morgan fingerprint density at radius 1 is 1.24 bits per heavy atom. The van der Waals surface area contributed by atoms with Crippen molar-refractivity contribution < 1.29 is 0 Å². The van der Waals surface area contributed by atoms with E-state index in [1.165, 1.54) is 26.7 Å². The van der Waals surface area contributed by atoms with Gasteiger partial charge in [0.25, 0.3) is 0 Å². The van der Waals surface area contributed by atoms with Gasteiger partial charge in [0.2, 0.25) is 0 Å². The van der Waals surface area contributed by atoms with Crippen molar-refractivity contribution in [3.8, 4) is 0 Å².